The molecule has 0 atom stereocenters. The van der Waals surface area contributed by atoms with Crippen molar-refractivity contribution in [2.45, 2.75) is 6.42 Å². The number of aromatic nitrogens is 3. The molecule has 0 radical (unpaired) electrons. The van der Waals surface area contributed by atoms with Crippen LogP contribution in [0.1, 0.15) is 27.3 Å². The van der Waals surface area contributed by atoms with Gasteiger partial charge < -0.3 is 4.57 Å². The maximum atomic E-state index is 11.8. The van der Waals surface area contributed by atoms with Crippen molar-refractivity contribution in [2.24, 2.45) is 7.05 Å². The molecule has 0 saturated heterocycles. The third-order valence-electron chi connectivity index (χ3n) is 2.31. The predicted octanol–water partition coefficient (Wildman–Crippen LogP) is 1.27. The van der Waals surface area contributed by atoms with E-state index in [1.54, 1.807) is 29.9 Å². The normalized spacial score (nSPS) is 10.2. The molecule has 2 aromatic heterocycles. The summed E-state index contributed by atoms with van der Waals surface area (Å²) in [6, 6.07) is 3.18. The zero-order valence-corrected chi connectivity index (χ0v) is 9.33. The zero-order chi connectivity index (χ0) is 12.3. The van der Waals surface area contributed by atoms with E-state index < -0.39 is 0 Å². The first kappa shape index (κ1) is 11.2. The first-order valence-corrected chi connectivity index (χ1v) is 5.11. The molecule has 0 spiro atoms. The molecule has 5 nitrogen and oxygen atoms in total. The number of ketones is 2. The molecule has 0 N–H and O–H groups in total. The Kier molecular flexibility index (Phi) is 3.09. The summed E-state index contributed by atoms with van der Waals surface area (Å²) >= 11 is 0. The summed E-state index contributed by atoms with van der Waals surface area (Å²) in [6.45, 7) is 0. The molecule has 0 fully saturated rings. The van der Waals surface area contributed by atoms with Crippen LogP contribution in [0.15, 0.2) is 37.1 Å². The fourth-order valence-corrected chi connectivity index (χ4v) is 1.43. The molecule has 0 aliphatic carbocycles. The Hall–Kier alpha value is -2.30. The van der Waals surface area contributed by atoms with Crippen LogP contribution in [0, 0.1) is 0 Å². The Bertz CT molecular complexity index is 546. The van der Waals surface area contributed by atoms with Gasteiger partial charge in [-0.3, -0.25) is 14.6 Å². The minimum atomic E-state index is -0.271. The van der Waals surface area contributed by atoms with Crippen molar-refractivity contribution in [3.8, 4) is 0 Å². The molecule has 0 bridgehead atoms. The van der Waals surface area contributed by atoms with Crippen LogP contribution in [0.5, 0.6) is 0 Å². The number of hydrogen-bond acceptors (Lipinski definition) is 4. The lowest BCUT2D eigenvalue weighted by atomic mass is 10.1. The van der Waals surface area contributed by atoms with Crippen molar-refractivity contribution in [2.75, 3.05) is 0 Å². The van der Waals surface area contributed by atoms with E-state index in [1.165, 1.54) is 18.7 Å². The highest BCUT2D eigenvalue weighted by atomic mass is 16.1. The Morgan fingerprint density at radius 2 is 1.94 bits per heavy atom. The van der Waals surface area contributed by atoms with Gasteiger partial charge in [0.25, 0.3) is 0 Å². The van der Waals surface area contributed by atoms with E-state index in [0.717, 1.165) is 0 Å². The van der Waals surface area contributed by atoms with Crippen molar-refractivity contribution in [1.82, 2.24) is 14.5 Å². The summed E-state index contributed by atoms with van der Waals surface area (Å²) in [6.07, 6.45) is 6.02. The molecular weight excluding hydrogens is 218 g/mol. The number of carbonyl (C=O) groups is 2. The van der Waals surface area contributed by atoms with Gasteiger partial charge >= 0.3 is 0 Å². The number of aryl methyl sites for hydroxylation is 1. The van der Waals surface area contributed by atoms with Crippen molar-refractivity contribution in [3.63, 3.8) is 0 Å². The Balaban J connectivity index is 2.07. The number of hydrogen-bond donors (Lipinski definition) is 0. The second-order valence-electron chi connectivity index (χ2n) is 3.68. The second-order valence-corrected chi connectivity index (χ2v) is 3.68. The molecule has 5 heteroatoms. The number of imidazole rings is 1. The highest BCUT2D eigenvalue weighted by molar-refractivity contribution is 6.12. The number of rotatable bonds is 4. The largest absolute Gasteiger partial charge is 0.340 e. The van der Waals surface area contributed by atoms with Gasteiger partial charge in [0.2, 0.25) is 0 Å². The molecule has 2 aromatic rings. The standard InChI is InChI=1S/C12H11N3O2/c1-15-7-10(14-8-15)12(17)6-11(16)9-2-4-13-5-3-9/h2-5,7-8H,6H2,1H3. The van der Waals surface area contributed by atoms with E-state index >= 15 is 0 Å². The number of Topliss-reactive ketones (excluding diaryl/α,β-unsaturated/α-hetero) is 2. The van der Waals surface area contributed by atoms with E-state index in [1.807, 2.05) is 0 Å². The van der Waals surface area contributed by atoms with Crippen molar-refractivity contribution in [3.05, 3.63) is 48.3 Å². The fraction of sp³-hybridized carbons (Fsp3) is 0.167. The van der Waals surface area contributed by atoms with Gasteiger partial charge in [-0.15, -0.1) is 0 Å². The summed E-state index contributed by atoms with van der Waals surface area (Å²) in [7, 11) is 1.77. The minimum Gasteiger partial charge on any atom is -0.340 e. The highest BCUT2D eigenvalue weighted by Gasteiger charge is 2.15. The van der Waals surface area contributed by atoms with Crippen molar-refractivity contribution in [1.29, 1.82) is 0 Å². The van der Waals surface area contributed by atoms with Gasteiger partial charge in [0.1, 0.15) is 5.69 Å². The molecule has 2 heterocycles. The summed E-state index contributed by atoms with van der Waals surface area (Å²) in [5.74, 6) is -0.490. The van der Waals surface area contributed by atoms with Gasteiger partial charge in [-0.2, -0.15) is 0 Å². The number of carbonyl (C=O) groups excluding carboxylic acids is 2. The summed E-state index contributed by atoms with van der Waals surface area (Å²) in [5, 5.41) is 0. The maximum absolute atomic E-state index is 11.8. The average molecular weight is 229 g/mol. The molecule has 86 valence electrons. The van der Waals surface area contributed by atoms with Crippen LogP contribution in [-0.4, -0.2) is 26.1 Å². The van der Waals surface area contributed by atoms with Gasteiger partial charge in [0.05, 0.1) is 12.7 Å². The fourth-order valence-electron chi connectivity index (χ4n) is 1.43. The summed E-state index contributed by atoms with van der Waals surface area (Å²) in [4.78, 5) is 31.2. The molecule has 2 rings (SSSR count). The molecule has 0 saturated carbocycles. The third-order valence-corrected chi connectivity index (χ3v) is 2.31. The molecular formula is C12H11N3O2. The summed E-state index contributed by atoms with van der Waals surface area (Å²) < 4.78 is 1.67. The molecule has 17 heavy (non-hydrogen) atoms. The SMILES string of the molecule is Cn1cnc(C(=O)CC(=O)c2ccncc2)c1. The van der Waals surface area contributed by atoms with E-state index in [0.29, 0.717) is 11.3 Å². The topological polar surface area (TPSA) is 64.8 Å². The van der Waals surface area contributed by atoms with E-state index in [-0.39, 0.29) is 18.0 Å². The maximum Gasteiger partial charge on any atom is 0.190 e. The van der Waals surface area contributed by atoms with E-state index in [4.69, 9.17) is 0 Å². The molecule has 0 aliphatic rings. The zero-order valence-electron chi connectivity index (χ0n) is 9.33. The van der Waals surface area contributed by atoms with Gasteiger partial charge in [0, 0.05) is 31.2 Å². The molecule has 0 amide bonds. The second kappa shape index (κ2) is 4.69. The number of nitrogens with zero attached hydrogens (tertiary/aromatic N) is 3. The third kappa shape index (κ3) is 2.63. The Labute approximate surface area is 98.1 Å². The average Bonchev–Trinajstić information content (AvgIpc) is 2.77. The Morgan fingerprint density at radius 3 is 2.53 bits per heavy atom. The van der Waals surface area contributed by atoms with Crippen LogP contribution in [0.4, 0.5) is 0 Å². The van der Waals surface area contributed by atoms with E-state index in [2.05, 4.69) is 9.97 Å². The molecule has 0 aromatic carbocycles. The lowest BCUT2D eigenvalue weighted by Crippen LogP contribution is -2.09. The first-order chi connectivity index (χ1) is 8.16. The van der Waals surface area contributed by atoms with Gasteiger partial charge in [-0.05, 0) is 12.1 Å². The molecule has 0 unspecified atom stereocenters. The van der Waals surface area contributed by atoms with Crippen LogP contribution in [0.3, 0.4) is 0 Å². The van der Waals surface area contributed by atoms with Crippen LogP contribution in [-0.2, 0) is 7.05 Å². The smallest absolute Gasteiger partial charge is 0.190 e. The lowest BCUT2D eigenvalue weighted by molar-refractivity contribution is 0.0891. The first-order valence-electron chi connectivity index (χ1n) is 5.11. The Morgan fingerprint density at radius 1 is 1.24 bits per heavy atom. The summed E-state index contributed by atoms with van der Waals surface area (Å²) in [5.41, 5.74) is 0.805. The van der Waals surface area contributed by atoms with Gasteiger partial charge in [-0.25, -0.2) is 4.98 Å². The van der Waals surface area contributed by atoms with Crippen LogP contribution in [0.25, 0.3) is 0 Å². The van der Waals surface area contributed by atoms with Crippen LogP contribution in [0.2, 0.25) is 0 Å². The number of pyridine rings is 1. The monoisotopic (exact) mass is 229 g/mol. The minimum absolute atomic E-state index is 0.166. The molecule has 0 aliphatic heterocycles. The van der Waals surface area contributed by atoms with E-state index in [9.17, 15) is 9.59 Å². The van der Waals surface area contributed by atoms with Gasteiger partial charge in [-0.1, -0.05) is 0 Å². The van der Waals surface area contributed by atoms with Crippen molar-refractivity contribution >= 4 is 11.6 Å². The van der Waals surface area contributed by atoms with Crippen LogP contribution >= 0.6 is 0 Å². The van der Waals surface area contributed by atoms with Crippen molar-refractivity contribution < 1.29 is 9.59 Å². The highest BCUT2D eigenvalue weighted by Crippen LogP contribution is 2.06. The van der Waals surface area contributed by atoms with Crippen LogP contribution < -0.4 is 0 Å². The van der Waals surface area contributed by atoms with Gasteiger partial charge in [0.15, 0.2) is 11.6 Å². The predicted molar refractivity (Wildman–Crippen MR) is 60.7 cm³/mol. The quantitative estimate of drug-likeness (QED) is 0.585. The lowest BCUT2D eigenvalue weighted by Gasteiger charge is -1.98.